The summed E-state index contributed by atoms with van der Waals surface area (Å²) in [6.45, 7) is 15.6. The average molecular weight is 972 g/mol. The Hall–Kier alpha value is -6.29. The third-order valence-electron chi connectivity index (χ3n) is 14.1. The molecule has 6 atom stereocenters. The van der Waals surface area contributed by atoms with Crippen molar-refractivity contribution in [2.24, 2.45) is 11.8 Å². The van der Waals surface area contributed by atoms with Gasteiger partial charge in [0.15, 0.2) is 0 Å². The zero-order valence-corrected chi connectivity index (χ0v) is 42.8. The van der Waals surface area contributed by atoms with Crippen molar-refractivity contribution in [2.45, 2.75) is 116 Å². The number of hydrogen-bond acceptors (Lipinski definition) is 10. The van der Waals surface area contributed by atoms with Gasteiger partial charge in [0.25, 0.3) is 0 Å². The molecule has 8 rings (SSSR count). The number of nitrogens with one attached hydrogen (secondary N) is 4. The number of aromatic nitrogens is 4. The van der Waals surface area contributed by atoms with Crippen LogP contribution in [0.5, 0.6) is 0 Å². The van der Waals surface area contributed by atoms with Crippen LogP contribution in [0.3, 0.4) is 0 Å². The molecule has 5 heterocycles. The number of hydrogen-bond donors (Lipinski definition) is 4. The number of likely N-dealkylation sites (tertiary alicyclic amines) is 2. The van der Waals surface area contributed by atoms with Crippen molar-refractivity contribution in [2.75, 3.05) is 43.7 Å². The fourth-order valence-electron chi connectivity index (χ4n) is 10.1. The number of benzene rings is 3. The monoisotopic (exact) mass is 972 g/mol. The minimum atomic E-state index is -0.697. The lowest BCUT2D eigenvalue weighted by Gasteiger charge is -2.44. The fourth-order valence-corrected chi connectivity index (χ4v) is 11.4. The highest BCUT2D eigenvalue weighted by Gasteiger charge is 2.40. The number of alkyl carbamates (subject to hydrolysis) is 2. The Morgan fingerprint density at radius 2 is 1.04 bits per heavy atom. The second-order valence-corrected chi connectivity index (χ2v) is 21.6. The molecule has 0 aliphatic carbocycles. The number of rotatable bonds is 13. The molecule has 3 aliphatic heterocycles. The van der Waals surface area contributed by atoms with E-state index in [2.05, 4.69) is 119 Å². The third-order valence-corrected chi connectivity index (χ3v) is 15.2. The van der Waals surface area contributed by atoms with Gasteiger partial charge >= 0.3 is 12.2 Å². The topological polar surface area (TPSA) is 178 Å². The summed E-state index contributed by atoms with van der Waals surface area (Å²) in [5, 5.41) is 5.46. The van der Waals surface area contributed by atoms with Crippen LogP contribution in [-0.4, -0.2) is 105 Å². The first kappa shape index (κ1) is 50.1. The average Bonchev–Trinajstić information content (AvgIpc) is 4.22. The summed E-state index contributed by atoms with van der Waals surface area (Å²) in [4.78, 5) is 74.7. The van der Waals surface area contributed by atoms with Crippen molar-refractivity contribution in [3.63, 3.8) is 0 Å². The number of imidazole rings is 2. The molecule has 3 saturated heterocycles. The van der Waals surface area contributed by atoms with Crippen LogP contribution in [0.15, 0.2) is 85.2 Å². The van der Waals surface area contributed by atoms with Crippen LogP contribution in [0.1, 0.15) is 127 Å². The number of aromatic amines is 2. The Morgan fingerprint density at radius 1 is 0.629 bits per heavy atom. The van der Waals surface area contributed by atoms with Gasteiger partial charge in [0, 0.05) is 30.3 Å². The van der Waals surface area contributed by atoms with Crippen molar-refractivity contribution in [3.8, 4) is 22.5 Å². The molecule has 0 unspecified atom stereocenters. The van der Waals surface area contributed by atoms with Crippen LogP contribution in [0.25, 0.3) is 22.5 Å². The highest BCUT2D eigenvalue weighted by atomic mass is 32.2. The van der Waals surface area contributed by atoms with Gasteiger partial charge in [-0.15, -0.1) is 0 Å². The Balaban J connectivity index is 1.02. The van der Waals surface area contributed by atoms with Gasteiger partial charge in [-0.1, -0.05) is 109 Å². The zero-order valence-electron chi connectivity index (χ0n) is 42.0. The van der Waals surface area contributed by atoms with Crippen LogP contribution in [-0.2, 0) is 24.5 Å². The Kier molecular flexibility index (Phi) is 15.3. The molecule has 5 aromatic rings. The lowest BCUT2D eigenvalue weighted by atomic mass is 9.87. The smallest absolute Gasteiger partial charge is 0.407 e. The largest absolute Gasteiger partial charge is 0.453 e. The molecule has 3 aliphatic rings. The van der Waals surface area contributed by atoms with E-state index in [0.717, 1.165) is 71.4 Å². The normalized spacial score (nSPS) is 20.4. The van der Waals surface area contributed by atoms with Crippen LogP contribution >= 0.6 is 11.8 Å². The predicted molar refractivity (Wildman–Crippen MR) is 274 cm³/mol. The molecule has 0 radical (unpaired) electrons. The Bertz CT molecular complexity index is 2450. The van der Waals surface area contributed by atoms with E-state index in [9.17, 15) is 19.2 Å². The van der Waals surface area contributed by atoms with E-state index >= 15 is 0 Å². The van der Waals surface area contributed by atoms with E-state index in [1.165, 1.54) is 36.6 Å². The molecule has 4 N–H and O–H groups in total. The van der Waals surface area contributed by atoms with Crippen molar-refractivity contribution in [1.29, 1.82) is 0 Å². The van der Waals surface area contributed by atoms with Gasteiger partial charge in [-0.3, -0.25) is 9.59 Å². The van der Waals surface area contributed by atoms with Gasteiger partial charge in [0.2, 0.25) is 11.8 Å². The molecule has 3 fully saturated rings. The highest BCUT2D eigenvalue weighted by Crippen LogP contribution is 2.45. The summed E-state index contributed by atoms with van der Waals surface area (Å²) >= 11 is 1.96. The van der Waals surface area contributed by atoms with Crippen molar-refractivity contribution >= 4 is 41.5 Å². The Labute approximate surface area is 416 Å². The number of amides is 4. The van der Waals surface area contributed by atoms with Crippen LogP contribution in [0, 0.1) is 11.8 Å². The van der Waals surface area contributed by atoms with Gasteiger partial charge in [-0.25, -0.2) is 19.6 Å². The van der Waals surface area contributed by atoms with Crippen molar-refractivity contribution < 1.29 is 28.7 Å². The first-order chi connectivity index (χ1) is 33.6. The summed E-state index contributed by atoms with van der Waals surface area (Å²) in [5.41, 5.74) is 8.68. The van der Waals surface area contributed by atoms with Crippen molar-refractivity contribution in [3.05, 3.63) is 114 Å². The molecule has 0 saturated carbocycles. The van der Waals surface area contributed by atoms with E-state index in [-0.39, 0.29) is 53.2 Å². The molecule has 2 aromatic heterocycles. The Morgan fingerprint density at radius 3 is 1.41 bits per heavy atom. The maximum atomic E-state index is 13.8. The summed E-state index contributed by atoms with van der Waals surface area (Å²) < 4.78 is 9.63. The summed E-state index contributed by atoms with van der Waals surface area (Å²) in [7, 11) is 2.60. The summed E-state index contributed by atoms with van der Waals surface area (Å²) in [5.74, 6) is 2.82. The SMILES string of the molecule is COC(=O)N[C@H](C(=O)N1CCC[C@H]1c1ncc(-c2ccc([C@@H]3CSC[C@@H](c4ccc(-c5cnc([C@@H]6CCCN6C(=O)[C@@H](NC(=O)OC)C(C)C)[nH]5)cc4)N3c3ccc(C(C)(C)C)cc3)cc2)[nH]1)C(C)C. The first-order valence-electron chi connectivity index (χ1n) is 24.6. The van der Waals surface area contributed by atoms with Gasteiger partial charge < -0.3 is 44.8 Å². The predicted octanol–water partition coefficient (Wildman–Crippen LogP) is 9.89. The molecule has 16 heteroatoms. The fraction of sp³-hybridized carbons (Fsp3) is 0.481. The quantitative estimate of drug-likeness (QED) is 0.0888. The maximum Gasteiger partial charge on any atom is 0.407 e. The standard InChI is InChI=1S/C54H69N9O6S/c1-32(2)46(59-52(66)68-8)50(64)61-26-10-12-42(61)48-55-28-40(57-48)34-14-18-36(19-15-34)44-30-70-31-45(63(44)39-24-22-38(23-25-39)54(5,6)7)37-20-16-35(17-21-37)41-29-56-49(58-41)43-13-11-27-62(43)51(65)47(33(3)4)60-53(67)69-9/h14-25,28-29,32-33,42-47H,10-13,26-27,30-31H2,1-9H3,(H,55,57)(H,56,58)(H,59,66)(H,60,67)/t42-,43-,44-,45-,46-,47-/m0/s1. The number of thioether (sulfide) groups is 1. The molecule has 0 spiro atoms. The minimum absolute atomic E-state index is 0.0212. The lowest BCUT2D eigenvalue weighted by molar-refractivity contribution is -0.136. The zero-order chi connectivity index (χ0) is 49.9. The lowest BCUT2D eigenvalue weighted by Crippen LogP contribution is -2.51. The molecular weight excluding hydrogens is 903 g/mol. The van der Waals surface area contributed by atoms with E-state index in [1.807, 2.05) is 61.7 Å². The van der Waals surface area contributed by atoms with E-state index in [4.69, 9.17) is 19.4 Å². The molecule has 0 bridgehead atoms. The van der Waals surface area contributed by atoms with Crippen LogP contribution in [0.4, 0.5) is 15.3 Å². The second kappa shape index (κ2) is 21.4. The second-order valence-electron chi connectivity index (χ2n) is 20.5. The van der Waals surface area contributed by atoms with Crippen LogP contribution in [0.2, 0.25) is 0 Å². The molecule has 70 heavy (non-hydrogen) atoms. The number of ether oxygens (including phenoxy) is 2. The van der Waals surface area contributed by atoms with Crippen molar-refractivity contribution in [1.82, 2.24) is 40.4 Å². The molecule has 3 aromatic carbocycles. The van der Waals surface area contributed by atoms with Gasteiger partial charge in [0.1, 0.15) is 23.7 Å². The third kappa shape index (κ3) is 10.7. The number of anilines is 1. The van der Waals surface area contributed by atoms with Crippen LogP contribution < -0.4 is 15.5 Å². The highest BCUT2D eigenvalue weighted by molar-refractivity contribution is 7.99. The van der Waals surface area contributed by atoms with E-state index in [0.29, 0.717) is 13.1 Å². The molecule has 372 valence electrons. The van der Waals surface area contributed by atoms with E-state index < -0.39 is 24.3 Å². The first-order valence-corrected chi connectivity index (χ1v) is 25.8. The van der Waals surface area contributed by atoms with Gasteiger partial charge in [0.05, 0.1) is 62.2 Å². The number of carbonyl (C=O) groups is 4. The summed E-state index contributed by atoms with van der Waals surface area (Å²) in [6, 6.07) is 25.0. The molecule has 4 amide bonds. The van der Waals surface area contributed by atoms with Gasteiger partial charge in [-0.05, 0) is 82.9 Å². The minimum Gasteiger partial charge on any atom is -0.453 e. The number of nitrogens with zero attached hydrogens (tertiary/aromatic N) is 5. The van der Waals surface area contributed by atoms with E-state index in [1.54, 1.807) is 0 Å². The van der Waals surface area contributed by atoms with Gasteiger partial charge in [-0.2, -0.15) is 11.8 Å². The number of methoxy groups -OCH3 is 2. The molecule has 15 nitrogen and oxygen atoms in total. The molecular formula is C54H69N9O6S. The number of carbonyl (C=O) groups excluding carboxylic acids is 4. The summed E-state index contributed by atoms with van der Waals surface area (Å²) in [6.07, 6.45) is 5.71. The number of H-pyrrole nitrogens is 2. The maximum absolute atomic E-state index is 13.8.